The molecule has 0 spiro atoms. The molecule has 0 aromatic carbocycles. The Balaban J connectivity index is 1.61. The molecule has 0 radical (unpaired) electrons. The molecule has 2 aliphatic rings. The minimum atomic E-state index is -0.539. The van der Waals surface area contributed by atoms with E-state index >= 15 is 0 Å². The van der Waals surface area contributed by atoms with Crippen molar-refractivity contribution in [1.29, 1.82) is 0 Å². The van der Waals surface area contributed by atoms with Gasteiger partial charge in [0.15, 0.2) is 0 Å². The Morgan fingerprint density at radius 3 is 2.48 bits per heavy atom. The van der Waals surface area contributed by atoms with E-state index in [4.69, 9.17) is 4.74 Å². The third-order valence-electron chi connectivity index (χ3n) is 3.85. The van der Waals surface area contributed by atoms with Crippen LogP contribution in [0.3, 0.4) is 0 Å². The third-order valence-corrected chi connectivity index (χ3v) is 3.85. The Hall–Kier alpha value is -1.79. The topological polar surface area (TPSA) is 87.7 Å². The minimum absolute atomic E-state index is 0.0731. The molecule has 2 N–H and O–H groups in total. The van der Waals surface area contributed by atoms with E-state index in [0.717, 1.165) is 6.54 Å². The fourth-order valence-electron chi connectivity index (χ4n) is 2.55. The van der Waals surface area contributed by atoms with Gasteiger partial charge in [0.2, 0.25) is 11.8 Å². The van der Waals surface area contributed by atoms with Crippen molar-refractivity contribution < 1.29 is 19.1 Å². The lowest BCUT2D eigenvalue weighted by atomic mass is 10.1. The summed E-state index contributed by atoms with van der Waals surface area (Å²) in [5, 5.41) is 5.35. The van der Waals surface area contributed by atoms with Crippen molar-refractivity contribution in [3.8, 4) is 0 Å². The van der Waals surface area contributed by atoms with Crippen molar-refractivity contribution in [2.75, 3.05) is 26.2 Å². The highest BCUT2D eigenvalue weighted by Gasteiger charge is 2.36. The van der Waals surface area contributed by atoms with E-state index < -0.39 is 11.7 Å². The number of nitrogens with one attached hydrogen (secondary N) is 2. The lowest BCUT2D eigenvalue weighted by Crippen LogP contribution is -2.40. The maximum atomic E-state index is 12.1. The van der Waals surface area contributed by atoms with Crippen LogP contribution in [0.25, 0.3) is 0 Å². The number of hydrogen-bond acceptors (Lipinski definition) is 4. The van der Waals surface area contributed by atoms with Crippen molar-refractivity contribution in [3.63, 3.8) is 0 Å². The van der Waals surface area contributed by atoms with Crippen molar-refractivity contribution in [3.05, 3.63) is 0 Å². The molecule has 2 rings (SSSR count). The highest BCUT2D eigenvalue weighted by molar-refractivity contribution is 5.89. The summed E-state index contributed by atoms with van der Waals surface area (Å²) < 4.78 is 5.10. The number of hydrogen-bond donors (Lipinski definition) is 2. The summed E-state index contributed by atoms with van der Waals surface area (Å²) >= 11 is 0. The second kappa shape index (κ2) is 7.19. The number of carbonyl (C=O) groups is 3. The van der Waals surface area contributed by atoms with Gasteiger partial charge in [0.05, 0.1) is 5.92 Å². The molecular formula is C16H27N3O4. The predicted molar refractivity (Wildman–Crippen MR) is 84.7 cm³/mol. The highest BCUT2D eigenvalue weighted by Crippen LogP contribution is 2.31. The number of ether oxygens (including phenoxy) is 1. The third kappa shape index (κ3) is 6.08. The second-order valence-corrected chi connectivity index (χ2v) is 7.36. The first kappa shape index (κ1) is 17.6. The zero-order valence-corrected chi connectivity index (χ0v) is 14.2. The predicted octanol–water partition coefficient (Wildman–Crippen LogP) is 0.886. The molecule has 0 bridgehead atoms. The van der Waals surface area contributed by atoms with Gasteiger partial charge >= 0.3 is 6.09 Å². The maximum absolute atomic E-state index is 12.1. The Labute approximate surface area is 137 Å². The zero-order chi connectivity index (χ0) is 17.0. The first-order valence-corrected chi connectivity index (χ1v) is 8.27. The van der Waals surface area contributed by atoms with E-state index in [9.17, 15) is 14.4 Å². The average molecular weight is 325 g/mol. The second-order valence-electron chi connectivity index (χ2n) is 7.36. The largest absolute Gasteiger partial charge is 0.444 e. The molecule has 1 atom stereocenters. The molecular weight excluding hydrogens is 298 g/mol. The molecule has 0 aromatic rings. The van der Waals surface area contributed by atoms with Crippen LogP contribution in [0.5, 0.6) is 0 Å². The number of rotatable bonds is 6. The average Bonchev–Trinajstić information content (AvgIpc) is 3.16. The first-order chi connectivity index (χ1) is 10.7. The van der Waals surface area contributed by atoms with Crippen molar-refractivity contribution in [1.82, 2.24) is 15.5 Å². The van der Waals surface area contributed by atoms with Crippen LogP contribution < -0.4 is 10.6 Å². The van der Waals surface area contributed by atoms with Gasteiger partial charge in [-0.15, -0.1) is 0 Å². The molecule has 3 amide bonds. The number of likely N-dealkylation sites (tertiary alicyclic amines) is 1. The van der Waals surface area contributed by atoms with Gasteiger partial charge in [0, 0.05) is 32.6 Å². The minimum Gasteiger partial charge on any atom is -0.444 e. The smallest absolute Gasteiger partial charge is 0.407 e. The standard InChI is InChI=1S/C16H27N3O4/c1-16(2,3)23-15(22)18-7-6-17-14(21)12-8-13(20)19(10-12)9-11-4-5-11/h11-12H,4-10H2,1-3H3,(H,17,21)(H,18,22)/t12-/m0/s1. The first-order valence-electron chi connectivity index (χ1n) is 8.27. The van der Waals surface area contributed by atoms with Crippen LogP contribution >= 0.6 is 0 Å². The molecule has 7 heteroatoms. The van der Waals surface area contributed by atoms with E-state index in [2.05, 4.69) is 10.6 Å². The normalized spacial score (nSPS) is 21.3. The van der Waals surface area contributed by atoms with Gasteiger partial charge < -0.3 is 20.3 Å². The lowest BCUT2D eigenvalue weighted by molar-refractivity contribution is -0.129. The molecule has 0 aromatic heterocycles. The summed E-state index contributed by atoms with van der Waals surface area (Å²) in [6, 6.07) is 0. The molecule has 1 saturated carbocycles. The molecule has 7 nitrogen and oxygen atoms in total. The van der Waals surface area contributed by atoms with Crippen LogP contribution in [0.15, 0.2) is 0 Å². The van der Waals surface area contributed by atoms with E-state index in [0.29, 0.717) is 25.6 Å². The number of nitrogens with zero attached hydrogens (tertiary/aromatic N) is 1. The SMILES string of the molecule is CC(C)(C)OC(=O)NCCNC(=O)[C@H]1CC(=O)N(CC2CC2)C1. The molecule has 130 valence electrons. The van der Waals surface area contributed by atoms with E-state index in [1.54, 1.807) is 25.7 Å². The fraction of sp³-hybridized carbons (Fsp3) is 0.812. The van der Waals surface area contributed by atoms with Gasteiger partial charge in [-0.2, -0.15) is 0 Å². The Morgan fingerprint density at radius 1 is 1.22 bits per heavy atom. The van der Waals surface area contributed by atoms with E-state index in [-0.39, 0.29) is 24.2 Å². The van der Waals surface area contributed by atoms with Gasteiger partial charge in [-0.05, 0) is 39.5 Å². The molecule has 1 saturated heterocycles. The van der Waals surface area contributed by atoms with Crippen molar-refractivity contribution in [2.24, 2.45) is 11.8 Å². The molecule has 1 aliphatic heterocycles. The van der Waals surface area contributed by atoms with Crippen LogP contribution in [0.2, 0.25) is 0 Å². The summed E-state index contributed by atoms with van der Waals surface area (Å²) in [5.41, 5.74) is -0.539. The van der Waals surface area contributed by atoms with Crippen LogP contribution in [-0.2, 0) is 14.3 Å². The zero-order valence-electron chi connectivity index (χ0n) is 14.2. The Bertz CT molecular complexity index is 468. The van der Waals surface area contributed by atoms with Gasteiger partial charge in [-0.25, -0.2) is 4.79 Å². The number of carbonyl (C=O) groups excluding carboxylic acids is 3. The number of alkyl carbamates (subject to hydrolysis) is 1. The van der Waals surface area contributed by atoms with E-state index in [1.165, 1.54) is 12.8 Å². The molecule has 1 heterocycles. The summed E-state index contributed by atoms with van der Waals surface area (Å²) in [6.45, 7) is 7.30. The fourth-order valence-corrected chi connectivity index (χ4v) is 2.55. The maximum Gasteiger partial charge on any atom is 0.407 e. The van der Waals surface area contributed by atoms with Gasteiger partial charge in [-0.1, -0.05) is 0 Å². The number of amides is 3. The van der Waals surface area contributed by atoms with Gasteiger partial charge in [0.1, 0.15) is 5.60 Å². The van der Waals surface area contributed by atoms with Crippen LogP contribution in [-0.4, -0.2) is 54.6 Å². The summed E-state index contributed by atoms with van der Waals surface area (Å²) in [6.07, 6.45) is 2.17. The monoisotopic (exact) mass is 325 g/mol. The van der Waals surface area contributed by atoms with Crippen molar-refractivity contribution >= 4 is 17.9 Å². The molecule has 1 aliphatic carbocycles. The highest BCUT2D eigenvalue weighted by atomic mass is 16.6. The Kier molecular flexibility index (Phi) is 5.49. The van der Waals surface area contributed by atoms with Crippen LogP contribution in [0.1, 0.15) is 40.0 Å². The van der Waals surface area contributed by atoms with Crippen molar-refractivity contribution in [2.45, 2.75) is 45.6 Å². The van der Waals surface area contributed by atoms with E-state index in [1.807, 2.05) is 0 Å². The summed E-state index contributed by atoms with van der Waals surface area (Å²) in [4.78, 5) is 37.2. The summed E-state index contributed by atoms with van der Waals surface area (Å²) in [5.74, 6) is 0.313. The molecule has 0 unspecified atom stereocenters. The van der Waals surface area contributed by atoms with Crippen LogP contribution in [0.4, 0.5) is 4.79 Å². The van der Waals surface area contributed by atoms with Gasteiger partial charge in [0.25, 0.3) is 0 Å². The van der Waals surface area contributed by atoms with Crippen LogP contribution in [0, 0.1) is 11.8 Å². The van der Waals surface area contributed by atoms with Gasteiger partial charge in [-0.3, -0.25) is 9.59 Å². The Morgan fingerprint density at radius 2 is 1.87 bits per heavy atom. The quantitative estimate of drug-likeness (QED) is 0.710. The molecule has 23 heavy (non-hydrogen) atoms. The lowest BCUT2D eigenvalue weighted by Gasteiger charge is -2.19. The molecule has 2 fully saturated rings. The summed E-state index contributed by atoms with van der Waals surface area (Å²) in [7, 11) is 0.